The highest BCUT2D eigenvalue weighted by Crippen LogP contribution is 2.25. The number of carbonyl (C=O) groups is 1. The molecular weight excluding hydrogens is 354 g/mol. The van der Waals surface area contributed by atoms with Crippen molar-refractivity contribution >= 4 is 28.5 Å². The molecule has 3 heterocycles. The van der Waals surface area contributed by atoms with Crippen LogP contribution in [0.5, 0.6) is 0 Å². The number of nitrogens with zero attached hydrogens (tertiary/aromatic N) is 5. The third-order valence-corrected chi connectivity index (χ3v) is 5.00. The van der Waals surface area contributed by atoms with Gasteiger partial charge in [-0.1, -0.05) is 18.2 Å². The Balaban J connectivity index is 1.52. The van der Waals surface area contributed by atoms with Gasteiger partial charge in [-0.05, 0) is 31.5 Å². The number of para-hydroxylation sites is 1. The zero-order valence-corrected chi connectivity index (χ0v) is 16.1. The van der Waals surface area contributed by atoms with E-state index in [1.165, 1.54) is 23.5 Å². The lowest BCUT2D eigenvalue weighted by atomic mass is 10.1. The second-order valence-electron chi connectivity index (χ2n) is 6.77. The van der Waals surface area contributed by atoms with Crippen LogP contribution in [-0.4, -0.2) is 53.7 Å². The van der Waals surface area contributed by atoms with Crippen LogP contribution in [0.1, 0.15) is 22.8 Å². The molecule has 0 bridgehead atoms. The van der Waals surface area contributed by atoms with E-state index in [1.54, 1.807) is 6.92 Å². The van der Waals surface area contributed by atoms with Crippen LogP contribution < -0.4 is 9.80 Å². The van der Waals surface area contributed by atoms with Crippen molar-refractivity contribution in [2.24, 2.45) is 0 Å². The summed E-state index contributed by atoms with van der Waals surface area (Å²) in [6.07, 6.45) is 3.00. The van der Waals surface area contributed by atoms with Crippen molar-refractivity contribution in [3.63, 3.8) is 0 Å². The van der Waals surface area contributed by atoms with Crippen LogP contribution in [0, 0.1) is 6.92 Å². The lowest BCUT2D eigenvalue weighted by Gasteiger charge is -2.36. The van der Waals surface area contributed by atoms with Crippen LogP contribution in [0.15, 0.2) is 42.9 Å². The molecule has 2 aromatic heterocycles. The predicted molar refractivity (Wildman–Crippen MR) is 109 cm³/mol. The normalized spacial score (nSPS) is 14.4. The van der Waals surface area contributed by atoms with Gasteiger partial charge in [0.2, 0.25) is 0 Å². The lowest BCUT2D eigenvalue weighted by Crippen LogP contribution is -2.47. The van der Waals surface area contributed by atoms with E-state index in [1.807, 2.05) is 12.1 Å². The standard InChI is InChI=1S/C21H23N5O2/c1-3-28-21(27)17-13-22-14-23-20(17)26-10-8-25(9-11-26)19-12-15(2)16-6-4-5-7-18(16)24-19/h4-7,12-14H,3,8-11H2,1-2H3. The summed E-state index contributed by atoms with van der Waals surface area (Å²) < 4.78 is 5.14. The minimum absolute atomic E-state index is 0.327. The molecule has 4 rings (SSSR count). The maximum absolute atomic E-state index is 12.2. The number of piperazine rings is 1. The van der Waals surface area contributed by atoms with Crippen LogP contribution in [-0.2, 0) is 4.74 Å². The van der Waals surface area contributed by atoms with Gasteiger partial charge < -0.3 is 14.5 Å². The maximum atomic E-state index is 12.2. The quantitative estimate of drug-likeness (QED) is 0.648. The molecular formula is C21H23N5O2. The summed E-state index contributed by atoms with van der Waals surface area (Å²) in [4.78, 5) is 29.8. The lowest BCUT2D eigenvalue weighted by molar-refractivity contribution is 0.0526. The molecule has 0 amide bonds. The molecule has 1 aliphatic heterocycles. The summed E-state index contributed by atoms with van der Waals surface area (Å²) >= 11 is 0. The van der Waals surface area contributed by atoms with Gasteiger partial charge >= 0.3 is 5.97 Å². The number of ether oxygens (including phenoxy) is 1. The van der Waals surface area contributed by atoms with E-state index < -0.39 is 0 Å². The van der Waals surface area contributed by atoms with E-state index in [4.69, 9.17) is 9.72 Å². The number of esters is 1. The van der Waals surface area contributed by atoms with E-state index >= 15 is 0 Å². The summed E-state index contributed by atoms with van der Waals surface area (Å²) in [5.74, 6) is 1.24. The summed E-state index contributed by atoms with van der Waals surface area (Å²) in [6.45, 7) is 7.34. The zero-order chi connectivity index (χ0) is 19.5. The number of anilines is 2. The molecule has 1 saturated heterocycles. The van der Waals surface area contributed by atoms with Gasteiger partial charge in [0.1, 0.15) is 23.5 Å². The number of hydrogen-bond acceptors (Lipinski definition) is 7. The fraction of sp³-hybridized carbons (Fsp3) is 0.333. The first-order valence-electron chi connectivity index (χ1n) is 9.50. The molecule has 0 atom stereocenters. The first kappa shape index (κ1) is 18.2. The summed E-state index contributed by atoms with van der Waals surface area (Å²) in [5.41, 5.74) is 2.65. The second kappa shape index (κ2) is 7.80. The van der Waals surface area contributed by atoms with Gasteiger partial charge in [-0.15, -0.1) is 0 Å². The van der Waals surface area contributed by atoms with Crippen LogP contribution in [0.25, 0.3) is 10.9 Å². The van der Waals surface area contributed by atoms with Crippen LogP contribution in [0.4, 0.5) is 11.6 Å². The third-order valence-electron chi connectivity index (χ3n) is 5.00. The second-order valence-corrected chi connectivity index (χ2v) is 6.77. The molecule has 28 heavy (non-hydrogen) atoms. The molecule has 1 aromatic carbocycles. The molecule has 1 aliphatic rings. The van der Waals surface area contributed by atoms with E-state index in [9.17, 15) is 4.79 Å². The average molecular weight is 377 g/mol. The van der Waals surface area contributed by atoms with E-state index in [-0.39, 0.29) is 5.97 Å². The van der Waals surface area contributed by atoms with Crippen LogP contribution >= 0.6 is 0 Å². The maximum Gasteiger partial charge on any atom is 0.343 e. The monoisotopic (exact) mass is 377 g/mol. The highest BCUT2D eigenvalue weighted by molar-refractivity contribution is 5.94. The smallest absolute Gasteiger partial charge is 0.343 e. The zero-order valence-electron chi connectivity index (χ0n) is 16.1. The molecule has 3 aromatic rings. The fourth-order valence-corrected chi connectivity index (χ4v) is 3.57. The Bertz CT molecular complexity index is 999. The summed E-state index contributed by atoms with van der Waals surface area (Å²) in [6, 6.07) is 10.4. The van der Waals surface area contributed by atoms with E-state index in [0.29, 0.717) is 18.0 Å². The number of rotatable bonds is 4. The molecule has 0 unspecified atom stereocenters. The highest BCUT2D eigenvalue weighted by atomic mass is 16.5. The molecule has 7 nitrogen and oxygen atoms in total. The Morgan fingerprint density at radius 1 is 1.14 bits per heavy atom. The Kier molecular flexibility index (Phi) is 5.06. The summed E-state index contributed by atoms with van der Waals surface area (Å²) in [5, 5.41) is 1.19. The van der Waals surface area contributed by atoms with Crippen molar-refractivity contribution in [1.82, 2.24) is 15.0 Å². The van der Waals surface area contributed by atoms with Gasteiger partial charge in [0.15, 0.2) is 0 Å². The van der Waals surface area contributed by atoms with Crippen LogP contribution in [0.2, 0.25) is 0 Å². The molecule has 7 heteroatoms. The number of aryl methyl sites for hydroxylation is 1. The van der Waals surface area contributed by atoms with Crippen molar-refractivity contribution in [3.8, 4) is 0 Å². The fourth-order valence-electron chi connectivity index (χ4n) is 3.57. The minimum atomic E-state index is -0.382. The summed E-state index contributed by atoms with van der Waals surface area (Å²) in [7, 11) is 0. The molecule has 1 fully saturated rings. The van der Waals surface area contributed by atoms with Gasteiger partial charge in [-0.3, -0.25) is 0 Å². The SMILES string of the molecule is CCOC(=O)c1cncnc1N1CCN(c2cc(C)c3ccccc3n2)CC1. The minimum Gasteiger partial charge on any atom is -0.462 e. The topological polar surface area (TPSA) is 71.5 Å². The predicted octanol–water partition coefficient (Wildman–Crippen LogP) is 2.84. The first-order valence-corrected chi connectivity index (χ1v) is 9.50. The number of pyridine rings is 1. The van der Waals surface area contributed by atoms with E-state index in [0.717, 1.165) is 37.5 Å². The number of aromatic nitrogens is 3. The Hall–Kier alpha value is -3.22. The van der Waals surface area contributed by atoms with Crippen molar-refractivity contribution < 1.29 is 9.53 Å². The van der Waals surface area contributed by atoms with Crippen LogP contribution in [0.3, 0.4) is 0 Å². The molecule has 0 aliphatic carbocycles. The Morgan fingerprint density at radius 3 is 2.68 bits per heavy atom. The van der Waals surface area contributed by atoms with Crippen molar-refractivity contribution in [2.45, 2.75) is 13.8 Å². The van der Waals surface area contributed by atoms with Gasteiger partial charge in [0.25, 0.3) is 0 Å². The molecule has 0 spiro atoms. The molecule has 0 saturated carbocycles. The molecule has 0 N–H and O–H groups in total. The molecule has 0 radical (unpaired) electrons. The largest absolute Gasteiger partial charge is 0.462 e. The highest BCUT2D eigenvalue weighted by Gasteiger charge is 2.24. The van der Waals surface area contributed by atoms with E-state index in [2.05, 4.69) is 44.9 Å². The Morgan fingerprint density at radius 2 is 1.89 bits per heavy atom. The number of hydrogen-bond donors (Lipinski definition) is 0. The van der Waals surface area contributed by atoms with Crippen molar-refractivity contribution in [1.29, 1.82) is 0 Å². The number of benzene rings is 1. The van der Waals surface area contributed by atoms with Crippen molar-refractivity contribution in [3.05, 3.63) is 54.0 Å². The average Bonchev–Trinajstić information content (AvgIpc) is 2.74. The number of carbonyl (C=O) groups excluding carboxylic acids is 1. The van der Waals surface area contributed by atoms with Gasteiger partial charge in [-0.25, -0.2) is 19.7 Å². The number of fused-ring (bicyclic) bond motifs is 1. The molecule has 144 valence electrons. The van der Waals surface area contributed by atoms with Gasteiger partial charge in [0.05, 0.1) is 12.1 Å². The van der Waals surface area contributed by atoms with Gasteiger partial charge in [-0.2, -0.15) is 0 Å². The third kappa shape index (κ3) is 3.47. The first-order chi connectivity index (χ1) is 13.7. The van der Waals surface area contributed by atoms with Crippen molar-refractivity contribution in [2.75, 3.05) is 42.6 Å². The Labute approximate surface area is 164 Å². The van der Waals surface area contributed by atoms with Gasteiger partial charge in [0, 0.05) is 37.8 Å².